The van der Waals surface area contributed by atoms with Gasteiger partial charge in [-0.3, -0.25) is 24.2 Å². The number of likely N-dealkylation sites (tertiary alicyclic amines) is 1. The molecule has 0 spiro atoms. The van der Waals surface area contributed by atoms with E-state index in [-0.39, 0.29) is 24.6 Å². The Balaban J connectivity index is 1.30. The monoisotopic (exact) mass is 597 g/mol. The molecule has 42 heavy (non-hydrogen) atoms. The van der Waals surface area contributed by atoms with E-state index >= 15 is 0 Å². The van der Waals surface area contributed by atoms with Crippen molar-refractivity contribution >= 4 is 38.4 Å². The van der Waals surface area contributed by atoms with Gasteiger partial charge in [0.25, 0.3) is 15.9 Å². The van der Waals surface area contributed by atoms with Crippen LogP contribution < -0.4 is 10.2 Å². The maximum Gasteiger partial charge on any atom is 0.310 e. The first-order chi connectivity index (χ1) is 20.1. The maximum atomic E-state index is 13.8. The number of hydrogen-bond acceptors (Lipinski definition) is 9. The summed E-state index contributed by atoms with van der Waals surface area (Å²) in [6.07, 6.45) is 1.85. The maximum absolute atomic E-state index is 13.8. The Kier molecular flexibility index (Phi) is 8.71. The Hall–Kier alpha value is -3.68. The number of Topliss-reactive ketones (excluding diaryl/α,β-unsaturated/α-hetero) is 1. The second-order valence-electron chi connectivity index (χ2n) is 11.2. The summed E-state index contributed by atoms with van der Waals surface area (Å²) in [5.74, 6) is -1.27. The van der Waals surface area contributed by atoms with Crippen LogP contribution in [0.4, 0.5) is 5.69 Å². The number of benzene rings is 1. The minimum Gasteiger partial charge on any atom is -0.378 e. The van der Waals surface area contributed by atoms with Crippen molar-refractivity contribution in [1.29, 1.82) is 0 Å². The van der Waals surface area contributed by atoms with Crippen LogP contribution in [-0.2, 0) is 24.3 Å². The Bertz CT molecular complexity index is 1440. The number of hydrogen-bond donors (Lipinski definition) is 1. The van der Waals surface area contributed by atoms with E-state index in [1.54, 1.807) is 18.2 Å². The zero-order chi connectivity index (χ0) is 30.0. The highest BCUT2D eigenvalue weighted by atomic mass is 32.2. The van der Waals surface area contributed by atoms with Crippen molar-refractivity contribution in [3.63, 3.8) is 0 Å². The molecule has 13 heteroatoms. The largest absolute Gasteiger partial charge is 0.378 e. The number of carbonyl (C=O) groups is 4. The van der Waals surface area contributed by atoms with Crippen LogP contribution in [0.15, 0.2) is 48.7 Å². The van der Waals surface area contributed by atoms with E-state index in [0.717, 1.165) is 23.1 Å². The predicted molar refractivity (Wildman–Crippen MR) is 153 cm³/mol. The summed E-state index contributed by atoms with van der Waals surface area (Å²) in [7, 11) is -4.54. The van der Waals surface area contributed by atoms with Gasteiger partial charge in [-0.05, 0) is 55.2 Å². The molecule has 0 aliphatic carbocycles. The molecule has 224 valence electrons. The van der Waals surface area contributed by atoms with Gasteiger partial charge in [0.15, 0.2) is 5.78 Å². The molecule has 3 aliphatic rings. The lowest BCUT2D eigenvalue weighted by atomic mass is 10.0. The van der Waals surface area contributed by atoms with E-state index in [1.807, 2.05) is 26.0 Å². The van der Waals surface area contributed by atoms with Gasteiger partial charge >= 0.3 is 5.12 Å². The number of anilines is 1. The molecule has 5 rings (SSSR count). The first-order valence-electron chi connectivity index (χ1n) is 14.1. The summed E-state index contributed by atoms with van der Waals surface area (Å²) in [6.45, 7) is 6.30. The number of ether oxygens (including phenoxy) is 1. The lowest BCUT2D eigenvalue weighted by molar-refractivity contribution is -0.138. The zero-order valence-corrected chi connectivity index (χ0v) is 24.5. The van der Waals surface area contributed by atoms with Gasteiger partial charge in [0.05, 0.1) is 25.8 Å². The van der Waals surface area contributed by atoms with Gasteiger partial charge in [0.1, 0.15) is 17.8 Å². The molecule has 1 N–H and O–H groups in total. The lowest BCUT2D eigenvalue weighted by Crippen LogP contribution is -2.53. The SMILES string of the molecule is CC(C)CC(NC(=O)c1ccc(N2CCOCC2)cc1)C(=O)N1CCC2C1C(=O)CN2S(=O)(=O)C(=O)c1ccccn1. The molecule has 3 unspecified atom stereocenters. The standard InChI is InChI=1S/C29H35N5O7S/c1-19(2)17-23(31-27(36)20-6-8-21(9-7-20)32-13-15-41-16-14-32)28(37)33-12-10-24-26(33)25(35)18-34(24)42(39,40)29(38)22-5-3-4-11-30-22/h3-9,11,19,23-24,26H,10,12-18H2,1-2H3,(H,31,36). The Morgan fingerprint density at radius 3 is 2.40 bits per heavy atom. The molecular formula is C29H35N5O7S. The van der Waals surface area contributed by atoms with Gasteiger partial charge in [0, 0.05) is 37.1 Å². The fourth-order valence-electron chi connectivity index (χ4n) is 5.84. The topological polar surface area (TPSA) is 146 Å². The molecule has 3 fully saturated rings. The van der Waals surface area contributed by atoms with Crippen LogP contribution in [-0.4, -0.2) is 103 Å². The first kappa shape index (κ1) is 29.8. The van der Waals surface area contributed by atoms with E-state index in [9.17, 15) is 27.6 Å². The average Bonchev–Trinajstić information content (AvgIpc) is 3.58. The Morgan fingerprint density at radius 2 is 1.76 bits per heavy atom. The Labute approximate surface area is 245 Å². The summed E-state index contributed by atoms with van der Waals surface area (Å²) in [5.41, 5.74) is 1.14. The van der Waals surface area contributed by atoms with Gasteiger partial charge in [-0.15, -0.1) is 0 Å². The molecule has 3 aliphatic heterocycles. The number of amides is 2. The molecule has 4 heterocycles. The minimum atomic E-state index is -4.54. The molecule has 12 nitrogen and oxygen atoms in total. The van der Waals surface area contributed by atoms with Crippen LogP contribution >= 0.6 is 0 Å². The van der Waals surface area contributed by atoms with Crippen molar-refractivity contribution in [1.82, 2.24) is 19.5 Å². The molecule has 0 radical (unpaired) electrons. The number of pyridine rings is 1. The van der Waals surface area contributed by atoms with Crippen LogP contribution in [0, 0.1) is 5.92 Å². The van der Waals surface area contributed by atoms with E-state index in [2.05, 4.69) is 15.2 Å². The number of nitrogens with zero attached hydrogens (tertiary/aromatic N) is 4. The second-order valence-corrected chi connectivity index (χ2v) is 12.9. The predicted octanol–water partition coefficient (Wildman–Crippen LogP) is 1.09. The van der Waals surface area contributed by atoms with Gasteiger partial charge in [-0.25, -0.2) is 8.42 Å². The summed E-state index contributed by atoms with van der Waals surface area (Å²) in [5, 5.41) is 1.66. The van der Waals surface area contributed by atoms with Crippen molar-refractivity contribution < 1.29 is 32.3 Å². The summed E-state index contributed by atoms with van der Waals surface area (Å²) in [4.78, 5) is 60.3. The Morgan fingerprint density at radius 1 is 1.05 bits per heavy atom. The summed E-state index contributed by atoms with van der Waals surface area (Å²) >= 11 is 0. The van der Waals surface area contributed by atoms with E-state index in [0.29, 0.717) is 25.2 Å². The normalized spacial score (nSPS) is 21.8. The van der Waals surface area contributed by atoms with Crippen molar-refractivity contribution in [2.45, 2.75) is 44.8 Å². The molecule has 1 aromatic heterocycles. The molecular weight excluding hydrogens is 562 g/mol. The van der Waals surface area contributed by atoms with Gasteiger partial charge in [-0.1, -0.05) is 19.9 Å². The van der Waals surface area contributed by atoms with Gasteiger partial charge < -0.3 is 19.9 Å². The number of ketones is 1. The highest BCUT2D eigenvalue weighted by Gasteiger charge is 2.55. The highest BCUT2D eigenvalue weighted by molar-refractivity contribution is 8.04. The van der Waals surface area contributed by atoms with Crippen LogP contribution in [0.25, 0.3) is 0 Å². The molecule has 3 atom stereocenters. The zero-order valence-electron chi connectivity index (χ0n) is 23.6. The summed E-state index contributed by atoms with van der Waals surface area (Å²) in [6, 6.07) is 8.72. The van der Waals surface area contributed by atoms with Crippen LogP contribution in [0.1, 0.15) is 47.5 Å². The van der Waals surface area contributed by atoms with E-state index < -0.39 is 57.4 Å². The third-order valence-corrected chi connectivity index (χ3v) is 9.59. The number of aromatic nitrogens is 1. The van der Waals surface area contributed by atoms with Crippen LogP contribution in [0.2, 0.25) is 0 Å². The summed E-state index contributed by atoms with van der Waals surface area (Å²) < 4.78 is 32.7. The molecule has 2 aromatic rings. The van der Waals surface area contributed by atoms with E-state index in [1.165, 1.54) is 23.2 Å². The van der Waals surface area contributed by atoms with Gasteiger partial charge in [-0.2, -0.15) is 4.31 Å². The molecule has 0 saturated carbocycles. The molecule has 3 saturated heterocycles. The van der Waals surface area contributed by atoms with Crippen molar-refractivity contribution in [2.24, 2.45) is 5.92 Å². The van der Waals surface area contributed by atoms with Crippen molar-refractivity contribution in [3.05, 3.63) is 59.9 Å². The first-order valence-corrected chi connectivity index (χ1v) is 15.6. The third-order valence-electron chi connectivity index (χ3n) is 7.89. The van der Waals surface area contributed by atoms with Crippen LogP contribution in [0.5, 0.6) is 0 Å². The molecule has 2 amide bonds. The molecule has 0 bridgehead atoms. The minimum absolute atomic E-state index is 0.0495. The number of carbonyl (C=O) groups excluding carboxylic acids is 4. The smallest absolute Gasteiger partial charge is 0.310 e. The number of morpholine rings is 1. The number of fused-ring (bicyclic) bond motifs is 1. The second kappa shape index (κ2) is 12.3. The highest BCUT2D eigenvalue weighted by Crippen LogP contribution is 2.33. The fraction of sp³-hybridized carbons (Fsp3) is 0.483. The quantitative estimate of drug-likeness (QED) is 0.472. The lowest BCUT2D eigenvalue weighted by Gasteiger charge is -2.29. The van der Waals surface area contributed by atoms with Gasteiger partial charge in [0.2, 0.25) is 5.91 Å². The van der Waals surface area contributed by atoms with E-state index in [4.69, 9.17) is 4.74 Å². The number of rotatable bonds is 8. The third kappa shape index (κ3) is 5.94. The number of sulfonamides is 1. The van der Waals surface area contributed by atoms with Crippen LogP contribution in [0.3, 0.4) is 0 Å². The van der Waals surface area contributed by atoms with Crippen molar-refractivity contribution in [2.75, 3.05) is 44.3 Å². The van der Waals surface area contributed by atoms with Crippen molar-refractivity contribution in [3.8, 4) is 0 Å². The fourth-order valence-corrected chi connectivity index (χ4v) is 7.32. The average molecular weight is 598 g/mol. The number of nitrogens with one attached hydrogen (secondary N) is 1. The molecule has 1 aromatic carbocycles.